The van der Waals surface area contributed by atoms with E-state index >= 15 is 0 Å². The van der Waals surface area contributed by atoms with Gasteiger partial charge in [0.15, 0.2) is 5.13 Å². The SMILES string of the molecule is CCCNC(=O)c1sc(NC(C)C)nc1N. The van der Waals surface area contributed by atoms with Gasteiger partial charge in [-0.2, -0.15) is 0 Å². The van der Waals surface area contributed by atoms with Gasteiger partial charge in [0.2, 0.25) is 0 Å². The lowest BCUT2D eigenvalue weighted by atomic mass is 10.4. The van der Waals surface area contributed by atoms with Gasteiger partial charge < -0.3 is 16.4 Å². The summed E-state index contributed by atoms with van der Waals surface area (Å²) in [6.45, 7) is 6.67. The van der Waals surface area contributed by atoms with Crippen LogP contribution < -0.4 is 16.4 Å². The summed E-state index contributed by atoms with van der Waals surface area (Å²) >= 11 is 1.29. The Kier molecular flexibility index (Phi) is 4.54. The van der Waals surface area contributed by atoms with Crippen molar-refractivity contribution in [1.82, 2.24) is 10.3 Å². The number of hydrogen-bond donors (Lipinski definition) is 3. The summed E-state index contributed by atoms with van der Waals surface area (Å²) in [4.78, 5) is 16.3. The summed E-state index contributed by atoms with van der Waals surface area (Å²) in [7, 11) is 0. The van der Waals surface area contributed by atoms with Gasteiger partial charge in [-0.05, 0) is 20.3 Å². The van der Waals surface area contributed by atoms with Crippen molar-refractivity contribution in [3.8, 4) is 0 Å². The Hall–Kier alpha value is -1.30. The van der Waals surface area contributed by atoms with E-state index in [9.17, 15) is 4.79 Å². The monoisotopic (exact) mass is 242 g/mol. The van der Waals surface area contributed by atoms with Gasteiger partial charge in [0.05, 0.1) is 0 Å². The number of amides is 1. The van der Waals surface area contributed by atoms with Crippen LogP contribution in [0.2, 0.25) is 0 Å². The van der Waals surface area contributed by atoms with E-state index in [0.29, 0.717) is 22.4 Å². The number of thiazole rings is 1. The Bertz CT molecular complexity index is 362. The van der Waals surface area contributed by atoms with Crippen LogP contribution in [-0.2, 0) is 0 Å². The molecule has 1 heterocycles. The van der Waals surface area contributed by atoms with Crippen LogP contribution in [0.15, 0.2) is 0 Å². The minimum Gasteiger partial charge on any atom is -0.382 e. The normalized spacial score (nSPS) is 10.5. The lowest BCUT2D eigenvalue weighted by Crippen LogP contribution is -2.23. The van der Waals surface area contributed by atoms with Crippen LogP contribution in [0.25, 0.3) is 0 Å². The Labute approximate surface area is 99.4 Å². The molecule has 0 aliphatic rings. The molecule has 0 atom stereocenters. The second-order valence-electron chi connectivity index (χ2n) is 3.79. The van der Waals surface area contributed by atoms with Crippen molar-refractivity contribution < 1.29 is 4.79 Å². The van der Waals surface area contributed by atoms with Crippen molar-refractivity contribution in [2.75, 3.05) is 17.6 Å². The van der Waals surface area contributed by atoms with E-state index in [2.05, 4.69) is 15.6 Å². The highest BCUT2D eigenvalue weighted by Crippen LogP contribution is 2.25. The number of carbonyl (C=O) groups is 1. The second kappa shape index (κ2) is 5.69. The Morgan fingerprint density at radius 1 is 1.56 bits per heavy atom. The number of rotatable bonds is 5. The number of anilines is 2. The van der Waals surface area contributed by atoms with Gasteiger partial charge in [-0.1, -0.05) is 18.3 Å². The van der Waals surface area contributed by atoms with Crippen LogP contribution in [0.5, 0.6) is 0 Å². The van der Waals surface area contributed by atoms with Gasteiger partial charge in [-0.3, -0.25) is 4.79 Å². The molecule has 1 amide bonds. The number of nitrogens with two attached hydrogens (primary N) is 1. The number of aromatic nitrogens is 1. The zero-order chi connectivity index (χ0) is 12.1. The zero-order valence-electron chi connectivity index (χ0n) is 9.83. The minimum atomic E-state index is -0.145. The molecule has 4 N–H and O–H groups in total. The van der Waals surface area contributed by atoms with Gasteiger partial charge >= 0.3 is 0 Å². The Morgan fingerprint density at radius 2 is 2.25 bits per heavy atom. The zero-order valence-corrected chi connectivity index (χ0v) is 10.6. The molecule has 16 heavy (non-hydrogen) atoms. The molecule has 0 radical (unpaired) electrons. The topological polar surface area (TPSA) is 80.0 Å². The second-order valence-corrected chi connectivity index (χ2v) is 4.79. The summed E-state index contributed by atoms with van der Waals surface area (Å²) in [6, 6.07) is 0.275. The Balaban J connectivity index is 2.73. The highest BCUT2D eigenvalue weighted by molar-refractivity contribution is 7.18. The van der Waals surface area contributed by atoms with Gasteiger partial charge in [0.1, 0.15) is 10.7 Å². The first kappa shape index (κ1) is 12.8. The summed E-state index contributed by atoms with van der Waals surface area (Å²) in [5.41, 5.74) is 5.69. The maximum absolute atomic E-state index is 11.7. The molecule has 0 aromatic carbocycles. The summed E-state index contributed by atoms with van der Waals surface area (Å²) < 4.78 is 0. The Morgan fingerprint density at radius 3 is 2.81 bits per heavy atom. The summed E-state index contributed by atoms with van der Waals surface area (Å²) in [5, 5.41) is 6.59. The molecule has 0 spiro atoms. The molecule has 0 fully saturated rings. The van der Waals surface area contributed by atoms with Crippen LogP contribution >= 0.6 is 11.3 Å². The van der Waals surface area contributed by atoms with Gasteiger partial charge in [-0.15, -0.1) is 0 Å². The number of hydrogen-bond acceptors (Lipinski definition) is 5. The third-order valence-corrected chi connectivity index (χ3v) is 2.81. The fraction of sp³-hybridized carbons (Fsp3) is 0.600. The molecule has 90 valence electrons. The highest BCUT2D eigenvalue weighted by Gasteiger charge is 2.15. The molecular weight excluding hydrogens is 224 g/mol. The summed E-state index contributed by atoms with van der Waals surface area (Å²) in [5.74, 6) is 0.149. The third kappa shape index (κ3) is 3.37. The van der Waals surface area contributed by atoms with E-state index in [1.54, 1.807) is 0 Å². The predicted molar refractivity (Wildman–Crippen MR) is 67.9 cm³/mol. The molecule has 0 unspecified atom stereocenters. The molecule has 0 bridgehead atoms. The van der Waals surface area contributed by atoms with Crippen molar-refractivity contribution in [1.29, 1.82) is 0 Å². The van der Waals surface area contributed by atoms with E-state index in [1.165, 1.54) is 11.3 Å². The highest BCUT2D eigenvalue weighted by atomic mass is 32.1. The van der Waals surface area contributed by atoms with E-state index in [-0.39, 0.29) is 11.9 Å². The molecule has 0 aliphatic heterocycles. The minimum absolute atomic E-state index is 0.145. The fourth-order valence-corrected chi connectivity index (χ4v) is 2.07. The maximum atomic E-state index is 11.7. The quantitative estimate of drug-likeness (QED) is 0.734. The van der Waals surface area contributed by atoms with E-state index in [1.807, 2.05) is 20.8 Å². The summed E-state index contributed by atoms with van der Waals surface area (Å²) in [6.07, 6.45) is 0.904. The standard InChI is InChI=1S/C10H18N4OS/c1-4-5-12-9(15)7-8(11)14-10(16-7)13-6(2)3/h6H,4-5,11H2,1-3H3,(H,12,15)(H,13,14). The number of carbonyl (C=O) groups excluding carboxylic acids is 1. The van der Waals surface area contributed by atoms with E-state index in [0.717, 1.165) is 6.42 Å². The van der Waals surface area contributed by atoms with Crippen LogP contribution in [0.3, 0.4) is 0 Å². The molecule has 6 heteroatoms. The molecule has 0 saturated carbocycles. The first-order valence-corrected chi connectivity index (χ1v) is 6.17. The van der Waals surface area contributed by atoms with Crippen LogP contribution in [-0.4, -0.2) is 23.5 Å². The van der Waals surface area contributed by atoms with Crippen molar-refractivity contribution in [2.24, 2.45) is 0 Å². The van der Waals surface area contributed by atoms with E-state index < -0.39 is 0 Å². The first-order valence-electron chi connectivity index (χ1n) is 5.35. The van der Waals surface area contributed by atoms with Crippen LogP contribution in [0, 0.1) is 0 Å². The smallest absolute Gasteiger partial charge is 0.265 e. The van der Waals surface area contributed by atoms with Gasteiger partial charge in [0.25, 0.3) is 5.91 Å². The van der Waals surface area contributed by atoms with Crippen molar-refractivity contribution in [3.05, 3.63) is 4.88 Å². The lowest BCUT2D eigenvalue weighted by molar-refractivity contribution is 0.0958. The number of nitrogen functional groups attached to an aromatic ring is 1. The maximum Gasteiger partial charge on any atom is 0.265 e. The fourth-order valence-electron chi connectivity index (χ4n) is 1.12. The third-order valence-electron chi connectivity index (χ3n) is 1.81. The average Bonchev–Trinajstić information content (AvgIpc) is 2.54. The first-order chi connectivity index (χ1) is 7.54. The number of nitrogens with one attached hydrogen (secondary N) is 2. The van der Waals surface area contributed by atoms with E-state index in [4.69, 9.17) is 5.73 Å². The van der Waals surface area contributed by atoms with Crippen LogP contribution in [0.1, 0.15) is 36.9 Å². The van der Waals surface area contributed by atoms with Crippen LogP contribution in [0.4, 0.5) is 10.9 Å². The van der Waals surface area contributed by atoms with Crippen molar-refractivity contribution >= 4 is 28.2 Å². The molecule has 5 nitrogen and oxygen atoms in total. The molecular formula is C10H18N4OS. The molecule has 0 saturated heterocycles. The largest absolute Gasteiger partial charge is 0.382 e. The van der Waals surface area contributed by atoms with Gasteiger partial charge in [0, 0.05) is 12.6 Å². The van der Waals surface area contributed by atoms with Crippen molar-refractivity contribution in [3.63, 3.8) is 0 Å². The molecule has 1 aromatic rings. The molecule has 1 rings (SSSR count). The predicted octanol–water partition coefficient (Wildman–Crippen LogP) is 1.69. The van der Waals surface area contributed by atoms with Crippen molar-refractivity contribution in [2.45, 2.75) is 33.2 Å². The molecule has 1 aromatic heterocycles. The molecule has 0 aliphatic carbocycles. The lowest BCUT2D eigenvalue weighted by Gasteiger charge is -2.04. The van der Waals surface area contributed by atoms with Gasteiger partial charge in [-0.25, -0.2) is 4.98 Å². The number of nitrogens with zero attached hydrogens (tertiary/aromatic N) is 1. The average molecular weight is 242 g/mol.